The van der Waals surface area contributed by atoms with Crippen LogP contribution in [0, 0.1) is 13.8 Å². The fourth-order valence-electron chi connectivity index (χ4n) is 3.46. The Kier molecular flexibility index (Phi) is 4.26. The molecule has 0 saturated carbocycles. The Bertz CT molecular complexity index is 861. The number of ether oxygens (including phenoxy) is 1. The van der Waals surface area contributed by atoms with Gasteiger partial charge < -0.3 is 24.6 Å². The molecule has 3 heterocycles. The number of aryl methyl sites for hydroxylation is 2. The molecule has 1 amide bonds. The van der Waals surface area contributed by atoms with Crippen molar-refractivity contribution in [3.63, 3.8) is 0 Å². The van der Waals surface area contributed by atoms with Crippen molar-refractivity contribution < 1.29 is 19.2 Å². The number of fused-ring (bicyclic) bond motifs is 1. The molecule has 2 aromatic rings. The van der Waals surface area contributed by atoms with Gasteiger partial charge in [-0.25, -0.2) is 0 Å². The number of aromatic nitrogens is 1. The van der Waals surface area contributed by atoms with Gasteiger partial charge in [0.05, 0.1) is 24.5 Å². The number of nitrogens with one attached hydrogen (secondary N) is 1. The number of carbonyl (C=O) groups is 1. The van der Waals surface area contributed by atoms with E-state index in [-0.39, 0.29) is 5.91 Å². The van der Waals surface area contributed by atoms with E-state index >= 15 is 0 Å². The highest BCUT2D eigenvalue weighted by Crippen LogP contribution is 2.34. The zero-order valence-corrected chi connectivity index (χ0v) is 14.8. The molecule has 26 heavy (non-hydrogen) atoms. The highest BCUT2D eigenvalue weighted by atomic mass is 16.5. The minimum absolute atomic E-state index is 0.165. The fraction of sp³-hybridized carbons (Fsp3) is 0.368. The number of aliphatic hydroxyl groups excluding tert-OH is 1. The van der Waals surface area contributed by atoms with Crippen LogP contribution in [0.1, 0.15) is 17.0 Å². The van der Waals surface area contributed by atoms with Crippen LogP contribution >= 0.6 is 0 Å². The van der Waals surface area contributed by atoms with E-state index in [4.69, 9.17) is 9.26 Å². The molecule has 1 unspecified atom stereocenters. The van der Waals surface area contributed by atoms with Gasteiger partial charge in [0.1, 0.15) is 5.76 Å². The number of rotatable bonds is 2. The maximum atomic E-state index is 12.8. The molecule has 2 N–H and O–H groups in total. The first-order valence-electron chi connectivity index (χ1n) is 8.65. The molecule has 0 spiro atoms. The number of carbonyl (C=O) groups excluding carboxylic acids is 1. The summed E-state index contributed by atoms with van der Waals surface area (Å²) >= 11 is 0. The van der Waals surface area contributed by atoms with E-state index in [0.717, 1.165) is 33.8 Å². The van der Waals surface area contributed by atoms with Crippen LogP contribution in [-0.2, 0) is 9.53 Å². The molecule has 2 aliphatic heterocycles. The van der Waals surface area contributed by atoms with E-state index in [1.165, 1.54) is 0 Å². The quantitative estimate of drug-likeness (QED) is 0.856. The van der Waals surface area contributed by atoms with Gasteiger partial charge in [0, 0.05) is 24.3 Å². The molecular formula is C19H21N3O4. The summed E-state index contributed by atoms with van der Waals surface area (Å²) in [5.74, 6) is 0.585. The van der Waals surface area contributed by atoms with Gasteiger partial charge in [-0.2, -0.15) is 0 Å². The van der Waals surface area contributed by atoms with Crippen LogP contribution in [0.5, 0.6) is 0 Å². The summed E-state index contributed by atoms with van der Waals surface area (Å²) in [5, 5.41) is 17.4. The molecule has 1 atom stereocenters. The summed E-state index contributed by atoms with van der Waals surface area (Å²) in [5.41, 5.74) is 4.71. The van der Waals surface area contributed by atoms with Crippen LogP contribution in [-0.4, -0.2) is 53.6 Å². The van der Waals surface area contributed by atoms with E-state index in [2.05, 4.69) is 10.5 Å². The number of hydrogen-bond donors (Lipinski definition) is 2. The van der Waals surface area contributed by atoms with Gasteiger partial charge >= 0.3 is 0 Å². The highest BCUT2D eigenvalue weighted by Gasteiger charge is 2.29. The van der Waals surface area contributed by atoms with Crippen molar-refractivity contribution in [1.82, 2.24) is 10.1 Å². The predicted molar refractivity (Wildman–Crippen MR) is 96.4 cm³/mol. The van der Waals surface area contributed by atoms with Gasteiger partial charge in [-0.3, -0.25) is 4.79 Å². The second kappa shape index (κ2) is 6.59. The van der Waals surface area contributed by atoms with Crippen molar-refractivity contribution in [3.05, 3.63) is 40.8 Å². The molecule has 1 fully saturated rings. The van der Waals surface area contributed by atoms with E-state index in [9.17, 15) is 9.90 Å². The average Bonchev–Trinajstić information content (AvgIpc) is 2.99. The second-order valence-electron chi connectivity index (χ2n) is 6.55. The lowest BCUT2D eigenvalue weighted by Gasteiger charge is -2.31. The lowest BCUT2D eigenvalue weighted by Crippen LogP contribution is -2.44. The van der Waals surface area contributed by atoms with Crippen LogP contribution in [0.4, 0.5) is 5.69 Å². The Morgan fingerprint density at radius 2 is 2.08 bits per heavy atom. The molecular weight excluding hydrogens is 334 g/mol. The summed E-state index contributed by atoms with van der Waals surface area (Å²) in [6, 6.07) is 5.83. The van der Waals surface area contributed by atoms with Crippen molar-refractivity contribution in [2.24, 2.45) is 0 Å². The number of benzene rings is 1. The van der Waals surface area contributed by atoms with Crippen molar-refractivity contribution in [3.8, 4) is 11.1 Å². The zero-order valence-electron chi connectivity index (χ0n) is 14.8. The van der Waals surface area contributed by atoms with Gasteiger partial charge in [-0.05, 0) is 43.2 Å². The molecule has 2 aliphatic rings. The number of aliphatic hydroxyl groups is 1. The Labute approximate surface area is 151 Å². The Balaban J connectivity index is 1.70. The summed E-state index contributed by atoms with van der Waals surface area (Å²) in [6.07, 6.45) is 0.735. The third kappa shape index (κ3) is 2.89. The normalized spacial score (nSPS) is 19.6. The van der Waals surface area contributed by atoms with Gasteiger partial charge in [0.2, 0.25) is 0 Å². The van der Waals surface area contributed by atoms with E-state index in [1.807, 2.05) is 32.0 Å². The topological polar surface area (TPSA) is 87.8 Å². The molecule has 0 bridgehead atoms. The lowest BCUT2D eigenvalue weighted by atomic mass is 9.96. The van der Waals surface area contributed by atoms with Crippen LogP contribution in [0.25, 0.3) is 17.2 Å². The molecule has 4 rings (SSSR count). The van der Waals surface area contributed by atoms with Crippen molar-refractivity contribution in [2.75, 3.05) is 31.6 Å². The molecule has 0 aliphatic carbocycles. The van der Waals surface area contributed by atoms with Crippen LogP contribution in [0.15, 0.2) is 28.3 Å². The van der Waals surface area contributed by atoms with Crippen LogP contribution in [0.2, 0.25) is 0 Å². The van der Waals surface area contributed by atoms with Gasteiger partial charge in [-0.1, -0.05) is 11.2 Å². The summed E-state index contributed by atoms with van der Waals surface area (Å²) in [6.45, 7) is 5.89. The Hall–Kier alpha value is -2.64. The van der Waals surface area contributed by atoms with E-state index in [0.29, 0.717) is 31.9 Å². The number of nitrogens with zero attached hydrogens (tertiary/aromatic N) is 2. The van der Waals surface area contributed by atoms with Crippen molar-refractivity contribution in [2.45, 2.75) is 20.1 Å². The predicted octanol–water partition coefficient (Wildman–Crippen LogP) is 1.94. The first-order chi connectivity index (χ1) is 12.5. The molecule has 136 valence electrons. The third-order valence-corrected chi connectivity index (χ3v) is 4.82. The lowest BCUT2D eigenvalue weighted by molar-refractivity contribution is -0.131. The maximum absolute atomic E-state index is 12.8. The highest BCUT2D eigenvalue weighted by molar-refractivity contribution is 6.01. The van der Waals surface area contributed by atoms with Crippen molar-refractivity contribution >= 4 is 17.7 Å². The van der Waals surface area contributed by atoms with Crippen LogP contribution < -0.4 is 5.32 Å². The summed E-state index contributed by atoms with van der Waals surface area (Å²) in [4.78, 5) is 14.5. The number of hydrogen-bond acceptors (Lipinski definition) is 6. The molecule has 7 heteroatoms. The number of amides is 1. The van der Waals surface area contributed by atoms with E-state index in [1.54, 1.807) is 11.0 Å². The Morgan fingerprint density at radius 1 is 1.31 bits per heavy atom. The number of morpholine rings is 1. The molecule has 1 aromatic heterocycles. The fourth-order valence-corrected chi connectivity index (χ4v) is 3.46. The van der Waals surface area contributed by atoms with Crippen molar-refractivity contribution in [1.29, 1.82) is 0 Å². The maximum Gasteiger partial charge on any atom is 0.254 e. The standard InChI is InChI=1S/C19H21N3O4/c1-11-17(12(2)26-21-11)13-3-4-16-14(9-13)10-15(18(23)20-16)19(24)22-5-7-25-8-6-22/h3-4,9-10,18,20,23H,5-8H2,1-2H3. The molecule has 1 saturated heterocycles. The molecule has 1 aromatic carbocycles. The van der Waals surface area contributed by atoms with E-state index < -0.39 is 6.23 Å². The van der Waals surface area contributed by atoms with Crippen LogP contribution in [0.3, 0.4) is 0 Å². The first-order valence-corrected chi connectivity index (χ1v) is 8.65. The monoisotopic (exact) mass is 355 g/mol. The smallest absolute Gasteiger partial charge is 0.254 e. The summed E-state index contributed by atoms with van der Waals surface area (Å²) < 4.78 is 10.5. The summed E-state index contributed by atoms with van der Waals surface area (Å²) in [7, 11) is 0. The van der Waals surface area contributed by atoms with Gasteiger partial charge in [0.25, 0.3) is 5.91 Å². The largest absolute Gasteiger partial charge is 0.378 e. The van der Waals surface area contributed by atoms with Gasteiger partial charge in [-0.15, -0.1) is 0 Å². The minimum atomic E-state index is -1.03. The molecule has 7 nitrogen and oxygen atoms in total. The average molecular weight is 355 g/mol. The minimum Gasteiger partial charge on any atom is -0.378 e. The number of anilines is 1. The molecule has 0 radical (unpaired) electrons. The zero-order chi connectivity index (χ0) is 18.3. The first kappa shape index (κ1) is 16.8. The van der Waals surface area contributed by atoms with Gasteiger partial charge in [0.15, 0.2) is 6.23 Å². The Morgan fingerprint density at radius 3 is 2.77 bits per heavy atom. The SMILES string of the molecule is Cc1noc(C)c1-c1ccc2c(c1)C=C(C(=O)N1CCOCC1)C(O)N2. The third-order valence-electron chi connectivity index (χ3n) is 4.82. The second-order valence-corrected chi connectivity index (χ2v) is 6.55.